The van der Waals surface area contributed by atoms with Gasteiger partial charge in [-0.2, -0.15) is 5.21 Å². The van der Waals surface area contributed by atoms with E-state index in [0.29, 0.717) is 18.8 Å². The van der Waals surface area contributed by atoms with Gasteiger partial charge in [-0.05, 0) is 39.2 Å². The number of nitrogens with zero attached hydrogens (tertiary/aromatic N) is 4. The summed E-state index contributed by atoms with van der Waals surface area (Å²) in [7, 11) is 1.57. The van der Waals surface area contributed by atoms with Crippen LogP contribution in [0.5, 0.6) is 0 Å². The third kappa shape index (κ3) is 6.50. The van der Waals surface area contributed by atoms with Crippen LogP contribution in [0.25, 0.3) is 0 Å². The Bertz CT molecular complexity index is 899. The van der Waals surface area contributed by atoms with Crippen molar-refractivity contribution in [1.29, 1.82) is 0 Å². The predicted octanol–water partition coefficient (Wildman–Crippen LogP) is 2.65. The van der Waals surface area contributed by atoms with Gasteiger partial charge in [0.2, 0.25) is 5.91 Å². The summed E-state index contributed by atoms with van der Waals surface area (Å²) >= 11 is 0. The molecule has 0 spiro atoms. The minimum absolute atomic E-state index is 0.205. The van der Waals surface area contributed by atoms with Crippen molar-refractivity contribution in [3.05, 3.63) is 41.7 Å². The van der Waals surface area contributed by atoms with E-state index in [-0.39, 0.29) is 18.0 Å². The molecule has 1 aliphatic heterocycles. The number of likely N-dealkylation sites (tertiary alicyclic amines) is 1. The van der Waals surface area contributed by atoms with Gasteiger partial charge in [0.1, 0.15) is 5.60 Å². The van der Waals surface area contributed by atoms with E-state index < -0.39 is 23.7 Å². The minimum Gasteiger partial charge on any atom is -0.444 e. The molecule has 2 amide bonds. The standard InChI is InChI=1S/C23H34N6O4/c1-15(19(32-5)18-12-9-13-29(18)22(31)33-23(2,3)4)21(30)24-17(20-25-27-28-26-20)14-16-10-7-6-8-11-16/h6-8,10-11,15,17-19H,9,12-14H2,1-5H3,(H,24,30)(H,25,26,27,28)/t15-,17+,18+,19-/m1/s1. The number of tetrazole rings is 1. The second-order valence-corrected chi connectivity index (χ2v) is 9.39. The van der Waals surface area contributed by atoms with Crippen molar-refractivity contribution in [2.75, 3.05) is 13.7 Å². The number of methoxy groups -OCH3 is 1. The van der Waals surface area contributed by atoms with Crippen LogP contribution in [0.1, 0.15) is 58.0 Å². The molecule has 10 nitrogen and oxygen atoms in total. The fourth-order valence-electron chi connectivity index (χ4n) is 4.20. The quantitative estimate of drug-likeness (QED) is 0.623. The Morgan fingerprint density at radius 2 is 2.00 bits per heavy atom. The van der Waals surface area contributed by atoms with Crippen LogP contribution >= 0.6 is 0 Å². The van der Waals surface area contributed by atoms with Crippen LogP contribution in [0, 0.1) is 5.92 Å². The largest absolute Gasteiger partial charge is 0.444 e. The van der Waals surface area contributed by atoms with Crippen molar-refractivity contribution < 1.29 is 19.1 Å². The summed E-state index contributed by atoms with van der Waals surface area (Å²) in [6.07, 6.45) is 1.23. The summed E-state index contributed by atoms with van der Waals surface area (Å²) in [4.78, 5) is 27.7. The molecule has 2 heterocycles. The summed E-state index contributed by atoms with van der Waals surface area (Å²) in [6, 6.07) is 9.09. The van der Waals surface area contributed by atoms with Gasteiger partial charge in [0.25, 0.3) is 0 Å². The molecule has 1 fully saturated rings. The number of amides is 2. The third-order valence-corrected chi connectivity index (χ3v) is 5.76. The molecule has 1 aromatic carbocycles. The number of aromatic nitrogens is 4. The lowest BCUT2D eigenvalue weighted by Crippen LogP contribution is -2.51. The molecule has 1 saturated heterocycles. The SMILES string of the molecule is CO[C@H]([C@@H](C)C(=O)N[C@@H](Cc1ccccc1)c1nn[nH]n1)[C@@H]1CCCN1C(=O)OC(C)(C)C. The number of hydrogen-bond acceptors (Lipinski definition) is 7. The lowest BCUT2D eigenvalue weighted by atomic mass is 9.94. The number of ether oxygens (including phenoxy) is 2. The van der Waals surface area contributed by atoms with Gasteiger partial charge in [0.15, 0.2) is 5.82 Å². The van der Waals surface area contributed by atoms with Crippen molar-refractivity contribution in [3.63, 3.8) is 0 Å². The Balaban J connectivity index is 1.72. The van der Waals surface area contributed by atoms with E-state index in [4.69, 9.17) is 9.47 Å². The van der Waals surface area contributed by atoms with Crippen LogP contribution in [-0.2, 0) is 20.7 Å². The van der Waals surface area contributed by atoms with Gasteiger partial charge in [-0.3, -0.25) is 4.79 Å². The first-order valence-corrected chi connectivity index (χ1v) is 11.3. The maximum Gasteiger partial charge on any atom is 0.410 e. The number of rotatable bonds is 8. The van der Waals surface area contributed by atoms with E-state index >= 15 is 0 Å². The van der Waals surface area contributed by atoms with Gasteiger partial charge in [0, 0.05) is 20.1 Å². The topological polar surface area (TPSA) is 122 Å². The normalized spacial score (nSPS) is 19.1. The first-order valence-electron chi connectivity index (χ1n) is 11.3. The van der Waals surface area contributed by atoms with Crippen molar-refractivity contribution in [2.45, 2.75) is 70.7 Å². The number of H-pyrrole nitrogens is 1. The van der Waals surface area contributed by atoms with Crippen molar-refractivity contribution in [2.24, 2.45) is 5.92 Å². The molecular weight excluding hydrogens is 424 g/mol. The molecule has 0 saturated carbocycles. The first kappa shape index (κ1) is 24.6. The molecule has 3 rings (SSSR count). The van der Waals surface area contributed by atoms with E-state index in [1.54, 1.807) is 12.0 Å². The molecule has 1 aromatic heterocycles. The lowest BCUT2D eigenvalue weighted by molar-refractivity contribution is -0.131. The van der Waals surface area contributed by atoms with Gasteiger partial charge in [-0.1, -0.05) is 42.5 Å². The highest BCUT2D eigenvalue weighted by Crippen LogP contribution is 2.28. The third-order valence-electron chi connectivity index (χ3n) is 5.76. The Morgan fingerprint density at radius 1 is 1.27 bits per heavy atom. The monoisotopic (exact) mass is 458 g/mol. The van der Waals surface area contributed by atoms with Crippen LogP contribution in [0.4, 0.5) is 4.79 Å². The molecule has 2 aromatic rings. The summed E-state index contributed by atoms with van der Waals surface area (Å²) < 4.78 is 11.3. The second kappa shape index (κ2) is 10.7. The van der Waals surface area contributed by atoms with Gasteiger partial charge in [-0.25, -0.2) is 4.79 Å². The Kier molecular flexibility index (Phi) is 8.01. The van der Waals surface area contributed by atoms with Crippen LogP contribution in [0.2, 0.25) is 0 Å². The zero-order valence-electron chi connectivity index (χ0n) is 19.9. The zero-order valence-corrected chi connectivity index (χ0v) is 19.9. The van der Waals surface area contributed by atoms with Crippen LogP contribution < -0.4 is 5.32 Å². The van der Waals surface area contributed by atoms with Gasteiger partial charge < -0.3 is 19.7 Å². The molecule has 10 heteroatoms. The van der Waals surface area contributed by atoms with E-state index in [1.165, 1.54) is 0 Å². The predicted molar refractivity (Wildman–Crippen MR) is 121 cm³/mol. The maximum atomic E-state index is 13.3. The average Bonchev–Trinajstić information content (AvgIpc) is 3.46. The molecule has 0 bridgehead atoms. The van der Waals surface area contributed by atoms with Crippen molar-refractivity contribution >= 4 is 12.0 Å². The Morgan fingerprint density at radius 3 is 2.61 bits per heavy atom. The summed E-state index contributed by atoms with van der Waals surface area (Å²) in [6.45, 7) is 7.90. The fourth-order valence-corrected chi connectivity index (χ4v) is 4.20. The van der Waals surface area contributed by atoms with Crippen LogP contribution in [0.3, 0.4) is 0 Å². The second-order valence-electron chi connectivity index (χ2n) is 9.39. The number of hydrogen-bond donors (Lipinski definition) is 2. The van der Waals surface area contributed by atoms with Gasteiger partial charge >= 0.3 is 6.09 Å². The summed E-state index contributed by atoms with van der Waals surface area (Å²) in [5, 5.41) is 17.3. The van der Waals surface area contributed by atoms with Gasteiger partial charge in [0.05, 0.1) is 24.1 Å². The van der Waals surface area contributed by atoms with E-state index in [0.717, 1.165) is 18.4 Å². The molecule has 33 heavy (non-hydrogen) atoms. The van der Waals surface area contributed by atoms with Crippen molar-refractivity contribution in [3.8, 4) is 0 Å². The van der Waals surface area contributed by atoms with Crippen LogP contribution in [-0.4, -0.2) is 68.9 Å². The highest BCUT2D eigenvalue weighted by atomic mass is 16.6. The molecule has 2 N–H and O–H groups in total. The molecule has 1 aliphatic rings. The number of carbonyl (C=O) groups excluding carboxylic acids is 2. The fraction of sp³-hybridized carbons (Fsp3) is 0.609. The summed E-state index contributed by atoms with van der Waals surface area (Å²) in [5.41, 5.74) is 0.445. The highest BCUT2D eigenvalue weighted by Gasteiger charge is 2.41. The smallest absolute Gasteiger partial charge is 0.410 e. The molecule has 180 valence electrons. The molecule has 0 radical (unpaired) electrons. The van der Waals surface area contributed by atoms with E-state index in [1.807, 2.05) is 58.0 Å². The molecule has 0 aliphatic carbocycles. The molecular formula is C23H34N6O4. The van der Waals surface area contributed by atoms with E-state index in [2.05, 4.69) is 25.9 Å². The zero-order chi connectivity index (χ0) is 24.0. The van der Waals surface area contributed by atoms with Crippen LogP contribution in [0.15, 0.2) is 30.3 Å². The summed E-state index contributed by atoms with van der Waals surface area (Å²) in [5.74, 6) is -0.318. The Hall–Kier alpha value is -3.01. The van der Waals surface area contributed by atoms with Crippen molar-refractivity contribution in [1.82, 2.24) is 30.8 Å². The number of nitrogens with one attached hydrogen (secondary N) is 2. The van der Waals surface area contributed by atoms with Gasteiger partial charge in [-0.15, -0.1) is 10.2 Å². The number of aromatic amines is 1. The number of carbonyl (C=O) groups is 2. The Labute approximate surface area is 194 Å². The minimum atomic E-state index is -0.592. The molecule has 0 unspecified atom stereocenters. The lowest BCUT2D eigenvalue weighted by Gasteiger charge is -2.35. The van der Waals surface area contributed by atoms with E-state index in [9.17, 15) is 9.59 Å². The number of benzene rings is 1. The first-order chi connectivity index (χ1) is 15.7. The average molecular weight is 459 g/mol. The molecule has 4 atom stereocenters. The highest BCUT2D eigenvalue weighted by molar-refractivity contribution is 5.79. The maximum absolute atomic E-state index is 13.3.